The zero-order valence-corrected chi connectivity index (χ0v) is 20.6. The van der Waals surface area contributed by atoms with Crippen molar-refractivity contribution < 1.29 is 19.0 Å². The minimum Gasteiger partial charge on any atom is -0.493 e. The van der Waals surface area contributed by atoms with Crippen molar-refractivity contribution in [3.05, 3.63) is 88.1 Å². The standard InChI is InChI=1S/C28H27ClN2O4/c1-33-24-14-18(15-25(34-2)28(24)35-3)17-12-22-26(23(32)13-17)27(16-7-6-8-19(29)11-16)31-21-10-5-4-9-20(21)30-22/h4-11,14-15,17,27,30-31H,12-13H2,1-3H3. The summed E-state index contributed by atoms with van der Waals surface area (Å²) in [5.41, 5.74) is 5.43. The quantitative estimate of drug-likeness (QED) is 0.434. The fourth-order valence-electron chi connectivity index (χ4n) is 5.00. The number of hydrogen-bond donors (Lipinski definition) is 2. The first-order valence-corrected chi connectivity index (χ1v) is 11.8. The van der Waals surface area contributed by atoms with E-state index in [2.05, 4.69) is 10.6 Å². The van der Waals surface area contributed by atoms with Crippen molar-refractivity contribution in [1.82, 2.24) is 0 Å². The predicted octanol–water partition coefficient (Wildman–Crippen LogP) is 6.35. The van der Waals surface area contributed by atoms with Crippen LogP contribution in [-0.2, 0) is 4.79 Å². The highest BCUT2D eigenvalue weighted by Gasteiger charge is 2.36. The summed E-state index contributed by atoms with van der Waals surface area (Å²) in [4.78, 5) is 13.8. The van der Waals surface area contributed by atoms with E-state index in [1.165, 1.54) is 0 Å². The fourth-order valence-corrected chi connectivity index (χ4v) is 5.20. The van der Waals surface area contributed by atoms with E-state index in [4.69, 9.17) is 25.8 Å². The van der Waals surface area contributed by atoms with Crippen molar-refractivity contribution >= 4 is 28.8 Å². The van der Waals surface area contributed by atoms with Crippen LogP contribution in [0.2, 0.25) is 5.02 Å². The SMILES string of the molecule is COc1cc(C2CC(=O)C3=C(C2)Nc2ccccc2NC3c2cccc(Cl)c2)cc(OC)c1OC. The molecule has 1 aliphatic heterocycles. The number of carbonyl (C=O) groups is 1. The number of fused-ring (bicyclic) bond motifs is 1. The molecule has 0 fully saturated rings. The van der Waals surface area contributed by atoms with Crippen LogP contribution in [0.15, 0.2) is 71.9 Å². The van der Waals surface area contributed by atoms with Gasteiger partial charge in [-0.3, -0.25) is 4.79 Å². The van der Waals surface area contributed by atoms with Gasteiger partial charge in [0, 0.05) is 22.7 Å². The molecule has 2 aliphatic rings. The van der Waals surface area contributed by atoms with Crippen LogP contribution in [0, 0.1) is 0 Å². The van der Waals surface area contributed by atoms with Gasteiger partial charge in [-0.15, -0.1) is 0 Å². The molecule has 35 heavy (non-hydrogen) atoms. The lowest BCUT2D eigenvalue weighted by molar-refractivity contribution is -0.116. The number of allylic oxidation sites excluding steroid dienone is 1. The summed E-state index contributed by atoms with van der Waals surface area (Å²) in [6.07, 6.45) is 1.03. The van der Waals surface area contributed by atoms with Crippen molar-refractivity contribution in [1.29, 1.82) is 0 Å². The molecule has 0 saturated heterocycles. The van der Waals surface area contributed by atoms with Crippen LogP contribution >= 0.6 is 11.6 Å². The van der Waals surface area contributed by atoms with E-state index in [0.29, 0.717) is 35.1 Å². The highest BCUT2D eigenvalue weighted by Crippen LogP contribution is 2.47. The van der Waals surface area contributed by atoms with Crippen LogP contribution in [0.4, 0.5) is 11.4 Å². The van der Waals surface area contributed by atoms with Gasteiger partial charge in [0.05, 0.1) is 38.7 Å². The molecule has 0 amide bonds. The van der Waals surface area contributed by atoms with Crippen LogP contribution in [0.1, 0.15) is 35.9 Å². The molecule has 1 aliphatic carbocycles. The van der Waals surface area contributed by atoms with Gasteiger partial charge in [0.1, 0.15) is 0 Å². The molecular weight excluding hydrogens is 464 g/mol. The summed E-state index contributed by atoms with van der Waals surface area (Å²) in [5, 5.41) is 7.78. The number of halogens is 1. The molecule has 2 N–H and O–H groups in total. The fraction of sp³-hybridized carbons (Fsp3) is 0.250. The number of Topliss-reactive ketones (excluding diaryl/α,β-unsaturated/α-hetero) is 1. The van der Waals surface area contributed by atoms with Crippen molar-refractivity contribution in [2.45, 2.75) is 24.8 Å². The van der Waals surface area contributed by atoms with Crippen LogP contribution in [0.3, 0.4) is 0 Å². The molecule has 5 rings (SSSR count). The normalized spacial score (nSPS) is 19.0. The Kier molecular flexibility index (Phi) is 6.31. The predicted molar refractivity (Wildman–Crippen MR) is 138 cm³/mol. The lowest BCUT2D eigenvalue weighted by Crippen LogP contribution is -2.27. The number of benzene rings is 3. The lowest BCUT2D eigenvalue weighted by Gasteiger charge is -2.30. The molecule has 7 heteroatoms. The van der Waals surface area contributed by atoms with E-state index in [1.807, 2.05) is 60.7 Å². The summed E-state index contributed by atoms with van der Waals surface area (Å²) in [6, 6.07) is 19.2. The summed E-state index contributed by atoms with van der Waals surface area (Å²) in [6.45, 7) is 0. The molecule has 0 saturated carbocycles. The number of nitrogens with one attached hydrogen (secondary N) is 2. The molecule has 0 bridgehead atoms. The Morgan fingerprint density at radius 2 is 1.54 bits per heavy atom. The molecule has 2 unspecified atom stereocenters. The number of methoxy groups -OCH3 is 3. The number of carbonyl (C=O) groups excluding carboxylic acids is 1. The Bertz CT molecular complexity index is 1290. The molecular formula is C28H27ClN2O4. The third-order valence-corrected chi connectivity index (χ3v) is 6.88. The van der Waals surface area contributed by atoms with Gasteiger partial charge in [-0.25, -0.2) is 0 Å². The molecule has 3 aromatic rings. The van der Waals surface area contributed by atoms with Crippen molar-refractivity contribution in [2.75, 3.05) is 32.0 Å². The van der Waals surface area contributed by atoms with E-state index < -0.39 is 0 Å². The molecule has 180 valence electrons. The minimum atomic E-state index is -0.312. The van der Waals surface area contributed by atoms with Gasteiger partial charge in [-0.05, 0) is 59.9 Å². The zero-order valence-electron chi connectivity index (χ0n) is 19.9. The average Bonchev–Trinajstić information content (AvgIpc) is 3.04. The van der Waals surface area contributed by atoms with Crippen LogP contribution in [0.25, 0.3) is 0 Å². The number of hydrogen-bond acceptors (Lipinski definition) is 6. The number of rotatable bonds is 5. The maximum absolute atomic E-state index is 13.8. The second-order valence-corrected chi connectivity index (χ2v) is 9.12. The maximum atomic E-state index is 13.8. The second-order valence-electron chi connectivity index (χ2n) is 8.68. The third kappa shape index (κ3) is 4.30. The first kappa shape index (κ1) is 23.1. The first-order chi connectivity index (χ1) is 17.0. The van der Waals surface area contributed by atoms with Crippen molar-refractivity contribution in [3.8, 4) is 17.2 Å². The van der Waals surface area contributed by atoms with Crippen molar-refractivity contribution in [2.24, 2.45) is 0 Å². The van der Waals surface area contributed by atoms with E-state index >= 15 is 0 Å². The third-order valence-electron chi connectivity index (χ3n) is 6.65. The number of ketones is 1. The summed E-state index contributed by atoms with van der Waals surface area (Å²) in [7, 11) is 4.77. The molecule has 0 aromatic heterocycles. The molecule has 0 radical (unpaired) electrons. The molecule has 6 nitrogen and oxygen atoms in total. The van der Waals surface area contributed by atoms with Gasteiger partial charge in [0.25, 0.3) is 0 Å². The van der Waals surface area contributed by atoms with Gasteiger partial charge in [-0.2, -0.15) is 0 Å². The molecule has 2 atom stereocenters. The Morgan fingerprint density at radius 1 is 0.829 bits per heavy atom. The van der Waals surface area contributed by atoms with Gasteiger partial charge in [0.15, 0.2) is 17.3 Å². The number of anilines is 2. The van der Waals surface area contributed by atoms with E-state index in [1.54, 1.807) is 21.3 Å². The van der Waals surface area contributed by atoms with E-state index in [9.17, 15) is 4.79 Å². The van der Waals surface area contributed by atoms with Crippen LogP contribution in [-0.4, -0.2) is 27.1 Å². The first-order valence-electron chi connectivity index (χ1n) is 11.5. The van der Waals surface area contributed by atoms with Gasteiger partial charge in [-0.1, -0.05) is 35.9 Å². The van der Waals surface area contributed by atoms with Crippen molar-refractivity contribution in [3.63, 3.8) is 0 Å². The second kappa shape index (κ2) is 9.55. The van der Waals surface area contributed by atoms with Gasteiger partial charge < -0.3 is 24.8 Å². The highest BCUT2D eigenvalue weighted by molar-refractivity contribution is 6.30. The largest absolute Gasteiger partial charge is 0.493 e. The molecule has 1 heterocycles. The Hall–Kier alpha value is -3.64. The molecule has 0 spiro atoms. The van der Waals surface area contributed by atoms with E-state index in [0.717, 1.165) is 33.8 Å². The summed E-state index contributed by atoms with van der Waals surface area (Å²) >= 11 is 6.32. The van der Waals surface area contributed by atoms with Gasteiger partial charge in [0.2, 0.25) is 5.75 Å². The smallest absolute Gasteiger partial charge is 0.203 e. The average molecular weight is 491 g/mol. The Morgan fingerprint density at radius 3 is 2.20 bits per heavy atom. The number of para-hydroxylation sites is 2. The van der Waals surface area contributed by atoms with Gasteiger partial charge >= 0.3 is 0 Å². The summed E-state index contributed by atoms with van der Waals surface area (Å²) in [5.74, 6) is 1.72. The molecule has 3 aromatic carbocycles. The number of ether oxygens (including phenoxy) is 3. The zero-order chi connectivity index (χ0) is 24.5. The maximum Gasteiger partial charge on any atom is 0.203 e. The van der Waals surface area contributed by atoms with Crippen LogP contribution < -0.4 is 24.8 Å². The Labute approximate surface area is 209 Å². The van der Waals surface area contributed by atoms with E-state index in [-0.39, 0.29) is 17.7 Å². The highest BCUT2D eigenvalue weighted by atomic mass is 35.5. The van der Waals surface area contributed by atoms with Crippen LogP contribution in [0.5, 0.6) is 17.2 Å². The summed E-state index contributed by atoms with van der Waals surface area (Å²) < 4.78 is 16.6. The monoisotopic (exact) mass is 490 g/mol. The topological polar surface area (TPSA) is 68.8 Å². The Balaban J connectivity index is 1.60. The minimum absolute atomic E-state index is 0.0484. The lowest BCUT2D eigenvalue weighted by atomic mass is 9.78.